The maximum absolute atomic E-state index is 12.3. The lowest BCUT2D eigenvalue weighted by molar-refractivity contribution is -0.130. The Labute approximate surface area is 140 Å². The summed E-state index contributed by atoms with van der Waals surface area (Å²) in [7, 11) is 1.81. The highest BCUT2D eigenvalue weighted by Crippen LogP contribution is 2.32. The van der Waals surface area contributed by atoms with Gasteiger partial charge in [-0.15, -0.1) is 0 Å². The SMILES string of the molecule is CN(Cc1cccc(Cl)c1)C(=O)CCc1ccc2c(c1)OCO2. The molecular weight excluding hydrogens is 314 g/mol. The van der Waals surface area contributed by atoms with E-state index in [2.05, 4.69) is 0 Å². The van der Waals surface area contributed by atoms with E-state index in [1.807, 2.05) is 49.5 Å². The van der Waals surface area contributed by atoms with Gasteiger partial charge in [0.15, 0.2) is 11.5 Å². The number of halogens is 1. The monoisotopic (exact) mass is 331 g/mol. The topological polar surface area (TPSA) is 38.8 Å². The molecule has 0 fully saturated rings. The van der Waals surface area contributed by atoms with Gasteiger partial charge in [-0.1, -0.05) is 29.8 Å². The highest BCUT2D eigenvalue weighted by molar-refractivity contribution is 6.30. The van der Waals surface area contributed by atoms with Gasteiger partial charge in [0.05, 0.1) is 0 Å². The van der Waals surface area contributed by atoms with Gasteiger partial charge in [-0.05, 0) is 41.8 Å². The van der Waals surface area contributed by atoms with E-state index in [0.717, 1.165) is 22.6 Å². The molecule has 2 aromatic carbocycles. The molecule has 2 aromatic rings. The molecule has 1 aliphatic rings. The number of ether oxygens (including phenoxy) is 2. The molecule has 23 heavy (non-hydrogen) atoms. The molecule has 5 heteroatoms. The molecule has 0 saturated carbocycles. The Kier molecular flexibility index (Phi) is 4.72. The van der Waals surface area contributed by atoms with E-state index in [1.165, 1.54) is 0 Å². The Bertz CT molecular complexity index is 717. The van der Waals surface area contributed by atoms with Crippen molar-refractivity contribution >= 4 is 17.5 Å². The number of fused-ring (bicyclic) bond motifs is 1. The van der Waals surface area contributed by atoms with Gasteiger partial charge in [0.2, 0.25) is 12.7 Å². The first-order valence-corrected chi connectivity index (χ1v) is 7.86. The Morgan fingerprint density at radius 3 is 2.78 bits per heavy atom. The fourth-order valence-electron chi connectivity index (χ4n) is 2.54. The summed E-state index contributed by atoms with van der Waals surface area (Å²) in [6.45, 7) is 0.820. The van der Waals surface area contributed by atoms with Crippen LogP contribution in [0.1, 0.15) is 17.5 Å². The summed E-state index contributed by atoms with van der Waals surface area (Å²) in [5.41, 5.74) is 2.09. The van der Waals surface area contributed by atoms with Crippen LogP contribution in [-0.2, 0) is 17.8 Å². The Morgan fingerprint density at radius 1 is 1.13 bits per heavy atom. The molecule has 1 amide bonds. The lowest BCUT2D eigenvalue weighted by Gasteiger charge is -2.17. The molecule has 0 spiro atoms. The Balaban J connectivity index is 1.54. The van der Waals surface area contributed by atoms with Gasteiger partial charge in [-0.2, -0.15) is 0 Å². The van der Waals surface area contributed by atoms with Crippen LogP contribution in [0, 0.1) is 0 Å². The molecule has 4 nitrogen and oxygen atoms in total. The maximum Gasteiger partial charge on any atom is 0.231 e. The zero-order chi connectivity index (χ0) is 16.2. The second-order valence-electron chi connectivity index (χ2n) is 5.57. The highest BCUT2D eigenvalue weighted by atomic mass is 35.5. The zero-order valence-corrected chi connectivity index (χ0v) is 13.7. The number of benzene rings is 2. The van der Waals surface area contributed by atoms with Crippen molar-refractivity contribution < 1.29 is 14.3 Å². The number of carbonyl (C=O) groups is 1. The zero-order valence-electron chi connectivity index (χ0n) is 12.9. The van der Waals surface area contributed by atoms with Crippen LogP contribution in [0.3, 0.4) is 0 Å². The summed E-state index contributed by atoms with van der Waals surface area (Å²) >= 11 is 5.97. The third-order valence-electron chi connectivity index (χ3n) is 3.80. The third kappa shape index (κ3) is 3.96. The van der Waals surface area contributed by atoms with Gasteiger partial charge in [0.25, 0.3) is 0 Å². The van der Waals surface area contributed by atoms with Gasteiger partial charge in [-0.25, -0.2) is 0 Å². The van der Waals surface area contributed by atoms with Crippen LogP contribution in [-0.4, -0.2) is 24.6 Å². The van der Waals surface area contributed by atoms with Crippen LogP contribution < -0.4 is 9.47 Å². The van der Waals surface area contributed by atoms with Crippen molar-refractivity contribution in [1.29, 1.82) is 0 Å². The average Bonchev–Trinajstić information content (AvgIpc) is 3.00. The molecule has 3 rings (SSSR count). The molecule has 0 radical (unpaired) electrons. The second-order valence-corrected chi connectivity index (χ2v) is 6.00. The van der Waals surface area contributed by atoms with E-state index >= 15 is 0 Å². The average molecular weight is 332 g/mol. The van der Waals surface area contributed by atoms with Crippen LogP contribution in [0.15, 0.2) is 42.5 Å². The fourth-order valence-corrected chi connectivity index (χ4v) is 2.75. The summed E-state index contributed by atoms with van der Waals surface area (Å²) in [6.07, 6.45) is 1.13. The van der Waals surface area contributed by atoms with Crippen molar-refractivity contribution in [3.63, 3.8) is 0 Å². The van der Waals surface area contributed by atoms with Gasteiger partial charge < -0.3 is 14.4 Å². The lowest BCUT2D eigenvalue weighted by atomic mass is 10.1. The second kappa shape index (κ2) is 6.92. The van der Waals surface area contributed by atoms with Gasteiger partial charge >= 0.3 is 0 Å². The van der Waals surface area contributed by atoms with E-state index in [4.69, 9.17) is 21.1 Å². The number of amides is 1. The van der Waals surface area contributed by atoms with E-state index in [-0.39, 0.29) is 12.7 Å². The van der Waals surface area contributed by atoms with Crippen LogP contribution in [0.4, 0.5) is 0 Å². The standard InChI is InChI=1S/C18H18ClNO3/c1-20(11-14-3-2-4-15(19)9-14)18(21)8-6-13-5-7-16-17(10-13)23-12-22-16/h2-5,7,9-10H,6,8,11-12H2,1H3. The minimum absolute atomic E-state index is 0.0997. The van der Waals surface area contributed by atoms with Crippen LogP contribution >= 0.6 is 11.6 Å². The summed E-state index contributed by atoms with van der Waals surface area (Å²) in [5, 5.41) is 0.684. The van der Waals surface area contributed by atoms with Crippen molar-refractivity contribution in [3.05, 3.63) is 58.6 Å². The normalized spacial score (nSPS) is 12.3. The van der Waals surface area contributed by atoms with Crippen LogP contribution in [0.2, 0.25) is 5.02 Å². The van der Waals surface area contributed by atoms with Crippen molar-refractivity contribution in [3.8, 4) is 11.5 Å². The number of aryl methyl sites for hydroxylation is 1. The first-order valence-electron chi connectivity index (χ1n) is 7.49. The minimum Gasteiger partial charge on any atom is -0.454 e. The maximum atomic E-state index is 12.3. The van der Waals surface area contributed by atoms with E-state index in [1.54, 1.807) is 4.90 Å². The van der Waals surface area contributed by atoms with Crippen molar-refractivity contribution in [2.45, 2.75) is 19.4 Å². The Morgan fingerprint density at radius 2 is 1.96 bits per heavy atom. The van der Waals surface area contributed by atoms with Crippen molar-refractivity contribution in [2.75, 3.05) is 13.8 Å². The molecule has 0 aromatic heterocycles. The van der Waals surface area contributed by atoms with E-state index < -0.39 is 0 Å². The smallest absolute Gasteiger partial charge is 0.231 e. The molecule has 0 unspecified atom stereocenters. The largest absolute Gasteiger partial charge is 0.454 e. The number of carbonyl (C=O) groups excluding carboxylic acids is 1. The first-order chi connectivity index (χ1) is 11.1. The number of hydrogen-bond donors (Lipinski definition) is 0. The number of nitrogens with zero attached hydrogens (tertiary/aromatic N) is 1. The molecule has 0 aliphatic carbocycles. The van der Waals surface area contributed by atoms with Gasteiger partial charge in [0.1, 0.15) is 0 Å². The van der Waals surface area contributed by atoms with E-state index in [0.29, 0.717) is 24.4 Å². The molecule has 0 bridgehead atoms. The molecule has 1 heterocycles. The molecule has 0 N–H and O–H groups in total. The first kappa shape index (κ1) is 15.7. The predicted molar refractivity (Wildman–Crippen MR) is 88.8 cm³/mol. The number of hydrogen-bond acceptors (Lipinski definition) is 3. The number of rotatable bonds is 5. The molecular formula is C18H18ClNO3. The summed E-state index contributed by atoms with van der Waals surface area (Å²) < 4.78 is 10.6. The minimum atomic E-state index is 0.0997. The lowest BCUT2D eigenvalue weighted by Crippen LogP contribution is -2.26. The highest BCUT2D eigenvalue weighted by Gasteiger charge is 2.14. The quantitative estimate of drug-likeness (QED) is 0.839. The predicted octanol–water partition coefficient (Wildman–Crippen LogP) is 3.66. The van der Waals surface area contributed by atoms with Crippen molar-refractivity contribution in [2.24, 2.45) is 0 Å². The summed E-state index contributed by atoms with van der Waals surface area (Å²) in [6, 6.07) is 13.4. The summed E-state index contributed by atoms with van der Waals surface area (Å²) in [4.78, 5) is 14.0. The Hall–Kier alpha value is -2.20. The summed E-state index contributed by atoms with van der Waals surface area (Å²) in [5.74, 6) is 1.61. The molecule has 0 atom stereocenters. The third-order valence-corrected chi connectivity index (χ3v) is 4.03. The van der Waals surface area contributed by atoms with Gasteiger partial charge in [0, 0.05) is 25.0 Å². The van der Waals surface area contributed by atoms with E-state index in [9.17, 15) is 4.79 Å². The molecule has 120 valence electrons. The van der Waals surface area contributed by atoms with Crippen LogP contribution in [0.5, 0.6) is 11.5 Å². The van der Waals surface area contributed by atoms with Crippen LogP contribution in [0.25, 0.3) is 0 Å². The van der Waals surface area contributed by atoms with Gasteiger partial charge in [-0.3, -0.25) is 4.79 Å². The molecule has 0 saturated heterocycles. The van der Waals surface area contributed by atoms with Crippen molar-refractivity contribution in [1.82, 2.24) is 4.90 Å². The molecule has 1 aliphatic heterocycles. The fraction of sp³-hybridized carbons (Fsp3) is 0.278.